The third kappa shape index (κ3) is 9.24. The van der Waals surface area contributed by atoms with Gasteiger partial charge in [-0.3, -0.25) is 9.69 Å². The topological polar surface area (TPSA) is 40.5 Å². The van der Waals surface area contributed by atoms with Crippen LogP contribution < -0.4 is 0 Å². The third-order valence-electron chi connectivity index (χ3n) is 3.81. The number of carboxylic acids is 1. The molecule has 0 amide bonds. The van der Waals surface area contributed by atoms with E-state index in [0.29, 0.717) is 6.42 Å². The summed E-state index contributed by atoms with van der Waals surface area (Å²) in [5.41, 5.74) is 1.38. The van der Waals surface area contributed by atoms with E-state index in [9.17, 15) is 4.79 Å². The molecule has 0 radical (unpaired) electrons. The number of unbranched alkanes of at least 4 members (excludes halogenated alkanes) is 5. The molecule has 0 unspecified atom stereocenters. The second kappa shape index (κ2) is 11.3. The van der Waals surface area contributed by atoms with E-state index in [1.165, 1.54) is 24.8 Å². The lowest BCUT2D eigenvalue weighted by Crippen LogP contribution is -2.23. The van der Waals surface area contributed by atoms with Crippen molar-refractivity contribution in [2.75, 3.05) is 13.1 Å². The Morgan fingerprint density at radius 2 is 1.62 bits per heavy atom. The maximum atomic E-state index is 10.4. The molecule has 0 fully saturated rings. The van der Waals surface area contributed by atoms with Crippen LogP contribution in [0.15, 0.2) is 30.3 Å². The van der Waals surface area contributed by atoms with Gasteiger partial charge in [0, 0.05) is 13.0 Å². The highest BCUT2D eigenvalue weighted by molar-refractivity contribution is 5.66. The quantitative estimate of drug-likeness (QED) is 0.583. The molecule has 0 spiro atoms. The molecular formula is C18H29NO2. The first-order valence-electron chi connectivity index (χ1n) is 8.20. The lowest BCUT2D eigenvalue weighted by molar-refractivity contribution is -0.137. The minimum absolute atomic E-state index is 0.320. The number of hydrogen-bond acceptors (Lipinski definition) is 2. The molecule has 1 N–H and O–H groups in total. The van der Waals surface area contributed by atoms with Crippen LogP contribution in [-0.2, 0) is 11.3 Å². The van der Waals surface area contributed by atoms with Gasteiger partial charge in [-0.05, 0) is 31.5 Å². The molecule has 1 aromatic carbocycles. The van der Waals surface area contributed by atoms with E-state index in [1.54, 1.807) is 0 Å². The number of carbonyl (C=O) groups is 1. The lowest BCUT2D eigenvalue weighted by Gasteiger charge is -2.20. The average Bonchev–Trinajstić information content (AvgIpc) is 2.49. The van der Waals surface area contributed by atoms with Crippen LogP contribution in [0.3, 0.4) is 0 Å². The van der Waals surface area contributed by atoms with Gasteiger partial charge in [-0.15, -0.1) is 0 Å². The maximum absolute atomic E-state index is 10.4. The Hall–Kier alpha value is -1.35. The SMILES string of the molecule is CCN(CCCCCCCCC(=O)O)Cc1ccccc1. The van der Waals surface area contributed by atoms with Gasteiger partial charge < -0.3 is 5.11 Å². The van der Waals surface area contributed by atoms with Crippen molar-refractivity contribution in [1.29, 1.82) is 0 Å². The van der Waals surface area contributed by atoms with Crippen LogP contribution in [0.1, 0.15) is 57.4 Å². The zero-order valence-electron chi connectivity index (χ0n) is 13.3. The van der Waals surface area contributed by atoms with E-state index >= 15 is 0 Å². The predicted molar refractivity (Wildman–Crippen MR) is 87.3 cm³/mol. The average molecular weight is 291 g/mol. The summed E-state index contributed by atoms with van der Waals surface area (Å²) in [5, 5.41) is 8.56. The molecule has 21 heavy (non-hydrogen) atoms. The number of carboxylic acid groups (broad SMARTS) is 1. The Labute approximate surface area is 129 Å². The van der Waals surface area contributed by atoms with Crippen LogP contribution in [0.25, 0.3) is 0 Å². The highest BCUT2D eigenvalue weighted by Gasteiger charge is 2.03. The number of hydrogen-bond donors (Lipinski definition) is 1. The van der Waals surface area contributed by atoms with E-state index in [2.05, 4.69) is 42.2 Å². The fourth-order valence-corrected chi connectivity index (χ4v) is 2.51. The smallest absolute Gasteiger partial charge is 0.303 e. The first kappa shape index (κ1) is 17.7. The summed E-state index contributed by atoms with van der Waals surface area (Å²) in [6, 6.07) is 10.6. The van der Waals surface area contributed by atoms with E-state index in [4.69, 9.17) is 5.11 Å². The molecule has 0 aliphatic rings. The monoisotopic (exact) mass is 291 g/mol. The summed E-state index contributed by atoms with van der Waals surface area (Å²) in [7, 11) is 0. The third-order valence-corrected chi connectivity index (χ3v) is 3.81. The molecule has 0 bridgehead atoms. The van der Waals surface area contributed by atoms with Crippen molar-refractivity contribution in [2.24, 2.45) is 0 Å². The highest BCUT2D eigenvalue weighted by atomic mass is 16.4. The normalized spacial score (nSPS) is 11.0. The summed E-state index contributed by atoms with van der Waals surface area (Å²) in [5.74, 6) is -0.672. The van der Waals surface area contributed by atoms with Gasteiger partial charge >= 0.3 is 5.97 Å². The van der Waals surface area contributed by atoms with Crippen molar-refractivity contribution in [2.45, 2.75) is 58.4 Å². The van der Waals surface area contributed by atoms with Gasteiger partial charge in [0.1, 0.15) is 0 Å². The van der Waals surface area contributed by atoms with E-state index < -0.39 is 5.97 Å². The molecule has 0 saturated carbocycles. The Morgan fingerprint density at radius 1 is 1.00 bits per heavy atom. The van der Waals surface area contributed by atoms with Gasteiger partial charge in [-0.25, -0.2) is 0 Å². The second-order valence-electron chi connectivity index (χ2n) is 5.62. The Bertz CT molecular complexity index is 378. The molecular weight excluding hydrogens is 262 g/mol. The molecule has 118 valence electrons. The summed E-state index contributed by atoms with van der Waals surface area (Å²) in [4.78, 5) is 12.9. The number of aliphatic carboxylic acids is 1. The molecule has 3 heteroatoms. The molecule has 3 nitrogen and oxygen atoms in total. The first-order valence-corrected chi connectivity index (χ1v) is 8.20. The highest BCUT2D eigenvalue weighted by Crippen LogP contribution is 2.09. The Morgan fingerprint density at radius 3 is 2.24 bits per heavy atom. The van der Waals surface area contributed by atoms with Crippen molar-refractivity contribution in [3.05, 3.63) is 35.9 Å². The van der Waals surface area contributed by atoms with Gasteiger partial charge in [-0.1, -0.05) is 62.9 Å². The van der Waals surface area contributed by atoms with Crippen LogP contribution in [0.4, 0.5) is 0 Å². The largest absolute Gasteiger partial charge is 0.481 e. The molecule has 0 saturated heterocycles. The van der Waals surface area contributed by atoms with Crippen molar-refractivity contribution in [3.63, 3.8) is 0 Å². The van der Waals surface area contributed by atoms with Crippen molar-refractivity contribution in [3.8, 4) is 0 Å². The molecule has 1 aromatic rings. The van der Waals surface area contributed by atoms with Gasteiger partial charge in [0.05, 0.1) is 0 Å². The van der Waals surface area contributed by atoms with Crippen molar-refractivity contribution >= 4 is 5.97 Å². The Kier molecular flexibility index (Phi) is 9.55. The minimum atomic E-state index is -0.672. The second-order valence-corrected chi connectivity index (χ2v) is 5.62. The molecule has 0 aliphatic carbocycles. The number of nitrogens with zero attached hydrogens (tertiary/aromatic N) is 1. The fourth-order valence-electron chi connectivity index (χ4n) is 2.51. The van der Waals surface area contributed by atoms with E-state index in [0.717, 1.165) is 38.9 Å². The van der Waals surface area contributed by atoms with Gasteiger partial charge in [-0.2, -0.15) is 0 Å². The molecule has 0 aromatic heterocycles. The van der Waals surface area contributed by atoms with Crippen LogP contribution >= 0.6 is 0 Å². The predicted octanol–water partition coefficient (Wildman–Crippen LogP) is 4.32. The number of benzene rings is 1. The zero-order chi connectivity index (χ0) is 15.3. The lowest BCUT2D eigenvalue weighted by atomic mass is 10.1. The van der Waals surface area contributed by atoms with Crippen LogP contribution in [0.5, 0.6) is 0 Å². The zero-order valence-corrected chi connectivity index (χ0v) is 13.3. The fraction of sp³-hybridized carbons (Fsp3) is 0.611. The summed E-state index contributed by atoms with van der Waals surface area (Å²) >= 11 is 0. The summed E-state index contributed by atoms with van der Waals surface area (Å²) in [6.45, 7) is 5.50. The molecule has 0 aliphatic heterocycles. The molecule has 0 heterocycles. The van der Waals surface area contributed by atoms with Gasteiger partial charge in [0.15, 0.2) is 0 Å². The molecule has 1 rings (SSSR count). The van der Waals surface area contributed by atoms with Crippen LogP contribution in [0, 0.1) is 0 Å². The maximum Gasteiger partial charge on any atom is 0.303 e. The Balaban J connectivity index is 2.03. The van der Waals surface area contributed by atoms with Gasteiger partial charge in [0.2, 0.25) is 0 Å². The van der Waals surface area contributed by atoms with E-state index in [1.807, 2.05) is 0 Å². The van der Waals surface area contributed by atoms with Crippen LogP contribution in [-0.4, -0.2) is 29.1 Å². The first-order chi connectivity index (χ1) is 10.2. The van der Waals surface area contributed by atoms with Crippen molar-refractivity contribution < 1.29 is 9.90 Å². The van der Waals surface area contributed by atoms with Crippen molar-refractivity contribution in [1.82, 2.24) is 4.90 Å². The summed E-state index contributed by atoms with van der Waals surface area (Å²) in [6.07, 6.45) is 7.07. The minimum Gasteiger partial charge on any atom is -0.481 e. The van der Waals surface area contributed by atoms with Crippen LogP contribution in [0.2, 0.25) is 0 Å². The summed E-state index contributed by atoms with van der Waals surface area (Å²) < 4.78 is 0. The van der Waals surface area contributed by atoms with Gasteiger partial charge in [0.25, 0.3) is 0 Å². The molecule has 0 atom stereocenters. The standard InChI is InChI=1S/C18H29NO2/c1-2-19(16-17-12-8-7-9-13-17)15-11-6-4-3-5-10-14-18(20)21/h7-9,12-13H,2-6,10-11,14-16H2,1H3,(H,20,21). The van der Waals surface area contributed by atoms with E-state index in [-0.39, 0.29) is 0 Å². The number of rotatable bonds is 12.